The maximum Gasteiger partial charge on any atom is 0.463 e. The SMILES string of the molecule is CCCc1cc(NC(=O)C(F)(F)C(F)(F)F)n[nH]1. The summed E-state index contributed by atoms with van der Waals surface area (Å²) in [4.78, 5) is 10.8. The lowest BCUT2D eigenvalue weighted by atomic mass is 10.2. The number of rotatable bonds is 4. The molecule has 2 N–H and O–H groups in total. The predicted octanol–water partition coefficient (Wildman–Crippen LogP) is 2.50. The van der Waals surface area contributed by atoms with Gasteiger partial charge in [0, 0.05) is 11.8 Å². The Morgan fingerprint density at radius 2 is 2.00 bits per heavy atom. The topological polar surface area (TPSA) is 57.8 Å². The molecule has 102 valence electrons. The van der Waals surface area contributed by atoms with Crippen LogP contribution in [0.25, 0.3) is 0 Å². The number of alkyl halides is 5. The van der Waals surface area contributed by atoms with Crippen molar-refractivity contribution in [3.05, 3.63) is 11.8 Å². The highest BCUT2D eigenvalue weighted by atomic mass is 19.4. The van der Waals surface area contributed by atoms with Crippen molar-refractivity contribution in [3.8, 4) is 0 Å². The molecule has 0 radical (unpaired) electrons. The van der Waals surface area contributed by atoms with Gasteiger partial charge in [0.15, 0.2) is 5.82 Å². The molecule has 1 rings (SSSR count). The van der Waals surface area contributed by atoms with Crippen molar-refractivity contribution in [1.82, 2.24) is 10.2 Å². The molecule has 0 aromatic carbocycles. The maximum atomic E-state index is 12.6. The van der Waals surface area contributed by atoms with Gasteiger partial charge in [-0.25, -0.2) is 0 Å². The minimum absolute atomic E-state index is 0.368. The van der Waals surface area contributed by atoms with E-state index < -0.39 is 18.0 Å². The molecule has 0 bridgehead atoms. The lowest BCUT2D eigenvalue weighted by Crippen LogP contribution is -2.47. The molecule has 0 atom stereocenters. The molecule has 0 spiro atoms. The number of carbonyl (C=O) groups is 1. The zero-order chi connectivity index (χ0) is 14.0. The number of hydrogen-bond acceptors (Lipinski definition) is 2. The van der Waals surface area contributed by atoms with Crippen LogP contribution in [0.4, 0.5) is 27.8 Å². The summed E-state index contributed by atoms with van der Waals surface area (Å²) in [6.07, 6.45) is -4.66. The number of amides is 1. The zero-order valence-corrected chi connectivity index (χ0v) is 9.24. The largest absolute Gasteiger partial charge is 0.463 e. The Hall–Kier alpha value is -1.67. The van der Waals surface area contributed by atoms with Gasteiger partial charge in [0.1, 0.15) is 0 Å². The van der Waals surface area contributed by atoms with Crippen LogP contribution in [0.1, 0.15) is 19.0 Å². The van der Waals surface area contributed by atoms with E-state index >= 15 is 0 Å². The van der Waals surface area contributed by atoms with Gasteiger partial charge in [0.25, 0.3) is 0 Å². The minimum Gasteiger partial charge on any atom is -0.304 e. The summed E-state index contributed by atoms with van der Waals surface area (Å²) in [5.74, 6) is -8.27. The van der Waals surface area contributed by atoms with Gasteiger partial charge in [0.05, 0.1) is 0 Å². The summed E-state index contributed by atoms with van der Waals surface area (Å²) < 4.78 is 60.8. The summed E-state index contributed by atoms with van der Waals surface area (Å²) in [5, 5.41) is 7.24. The minimum atomic E-state index is -5.93. The molecule has 0 saturated heterocycles. The standard InChI is InChI=1S/C9H10F5N3O/c1-2-3-5-4-6(17-16-5)15-7(18)8(10,11)9(12,13)14/h4H,2-3H2,1H3,(H2,15,16,17,18). The number of anilines is 1. The molecule has 1 aromatic rings. The number of aromatic nitrogens is 2. The summed E-state index contributed by atoms with van der Waals surface area (Å²) in [7, 11) is 0. The fourth-order valence-corrected chi connectivity index (χ4v) is 1.15. The van der Waals surface area contributed by atoms with E-state index in [9.17, 15) is 26.7 Å². The summed E-state index contributed by atoms with van der Waals surface area (Å²) in [6, 6.07) is 1.20. The number of aromatic amines is 1. The van der Waals surface area contributed by atoms with Gasteiger partial charge in [-0.05, 0) is 6.42 Å². The molecule has 18 heavy (non-hydrogen) atoms. The van der Waals surface area contributed by atoms with Gasteiger partial charge in [-0.15, -0.1) is 0 Å². The van der Waals surface area contributed by atoms with Crippen molar-refractivity contribution >= 4 is 11.7 Å². The quantitative estimate of drug-likeness (QED) is 0.826. The summed E-state index contributed by atoms with van der Waals surface area (Å²) in [5.41, 5.74) is 0.531. The van der Waals surface area contributed by atoms with E-state index in [4.69, 9.17) is 0 Å². The third-order valence-electron chi connectivity index (χ3n) is 2.03. The van der Waals surface area contributed by atoms with Crippen LogP contribution in [-0.4, -0.2) is 28.2 Å². The second kappa shape index (κ2) is 4.91. The smallest absolute Gasteiger partial charge is 0.304 e. The molecule has 0 aliphatic carbocycles. The van der Waals surface area contributed by atoms with Gasteiger partial charge < -0.3 is 5.32 Å². The van der Waals surface area contributed by atoms with E-state index in [1.165, 1.54) is 11.4 Å². The van der Waals surface area contributed by atoms with E-state index in [1.54, 1.807) is 0 Å². The first-order chi connectivity index (χ1) is 8.18. The average molecular weight is 271 g/mol. The molecule has 0 saturated carbocycles. The van der Waals surface area contributed by atoms with Crippen molar-refractivity contribution < 1.29 is 26.7 Å². The summed E-state index contributed by atoms with van der Waals surface area (Å²) >= 11 is 0. The fraction of sp³-hybridized carbons (Fsp3) is 0.556. The second-order valence-electron chi connectivity index (χ2n) is 3.55. The maximum absolute atomic E-state index is 12.6. The molecule has 4 nitrogen and oxygen atoms in total. The molecule has 0 unspecified atom stereocenters. The van der Waals surface area contributed by atoms with Crippen molar-refractivity contribution in [2.45, 2.75) is 31.9 Å². The van der Waals surface area contributed by atoms with Crippen LogP contribution in [0.2, 0.25) is 0 Å². The van der Waals surface area contributed by atoms with Gasteiger partial charge >= 0.3 is 18.0 Å². The molecule has 1 aromatic heterocycles. The Balaban J connectivity index is 2.75. The van der Waals surface area contributed by atoms with Gasteiger partial charge in [-0.3, -0.25) is 9.89 Å². The van der Waals surface area contributed by atoms with E-state index in [1.807, 2.05) is 6.92 Å². The third-order valence-corrected chi connectivity index (χ3v) is 2.03. The monoisotopic (exact) mass is 271 g/mol. The molecular formula is C9H10F5N3O. The molecule has 9 heteroatoms. The fourth-order valence-electron chi connectivity index (χ4n) is 1.15. The number of H-pyrrole nitrogens is 1. The molecule has 1 heterocycles. The first-order valence-electron chi connectivity index (χ1n) is 4.98. The molecular weight excluding hydrogens is 261 g/mol. The Kier molecular flexibility index (Phi) is 3.92. The van der Waals surface area contributed by atoms with Crippen molar-refractivity contribution in [2.75, 3.05) is 5.32 Å². The Morgan fingerprint density at radius 3 is 2.50 bits per heavy atom. The average Bonchev–Trinajstić information content (AvgIpc) is 2.64. The van der Waals surface area contributed by atoms with Crippen LogP contribution in [-0.2, 0) is 11.2 Å². The number of nitrogens with one attached hydrogen (secondary N) is 2. The van der Waals surface area contributed by atoms with Gasteiger partial charge in [0.2, 0.25) is 0 Å². The van der Waals surface area contributed by atoms with Crippen LogP contribution in [0.15, 0.2) is 6.07 Å². The Bertz CT molecular complexity index is 426. The first kappa shape index (κ1) is 14.4. The van der Waals surface area contributed by atoms with Crippen LogP contribution in [0.5, 0.6) is 0 Å². The molecule has 1 amide bonds. The van der Waals surface area contributed by atoms with E-state index in [0.717, 1.165) is 6.42 Å². The van der Waals surface area contributed by atoms with Gasteiger partial charge in [-0.1, -0.05) is 13.3 Å². The van der Waals surface area contributed by atoms with E-state index in [2.05, 4.69) is 10.2 Å². The van der Waals surface area contributed by atoms with Crippen molar-refractivity contribution in [3.63, 3.8) is 0 Å². The molecule has 0 fully saturated rings. The second-order valence-corrected chi connectivity index (χ2v) is 3.55. The van der Waals surface area contributed by atoms with Crippen molar-refractivity contribution in [2.24, 2.45) is 0 Å². The Labute approximate surface area is 98.6 Å². The lowest BCUT2D eigenvalue weighted by Gasteiger charge is -2.17. The molecule has 0 aliphatic heterocycles. The number of hydrogen-bond donors (Lipinski definition) is 2. The van der Waals surface area contributed by atoms with Crippen LogP contribution in [0.3, 0.4) is 0 Å². The number of aryl methyl sites for hydroxylation is 1. The predicted molar refractivity (Wildman–Crippen MR) is 52.2 cm³/mol. The van der Waals surface area contributed by atoms with E-state index in [-0.39, 0.29) is 5.82 Å². The van der Waals surface area contributed by atoms with Crippen LogP contribution >= 0.6 is 0 Å². The third kappa shape index (κ3) is 2.96. The van der Waals surface area contributed by atoms with Crippen LogP contribution < -0.4 is 5.32 Å². The first-order valence-corrected chi connectivity index (χ1v) is 4.98. The highest BCUT2D eigenvalue weighted by Gasteiger charge is 2.63. The normalized spacial score (nSPS) is 12.6. The van der Waals surface area contributed by atoms with E-state index in [0.29, 0.717) is 12.1 Å². The molecule has 0 aliphatic rings. The number of nitrogens with zero attached hydrogens (tertiary/aromatic N) is 1. The number of halogens is 5. The highest BCUT2D eigenvalue weighted by molar-refractivity contribution is 5.95. The zero-order valence-electron chi connectivity index (χ0n) is 9.24. The number of carbonyl (C=O) groups excluding carboxylic acids is 1. The van der Waals surface area contributed by atoms with Crippen molar-refractivity contribution in [1.29, 1.82) is 0 Å². The lowest BCUT2D eigenvalue weighted by molar-refractivity contribution is -0.267. The highest BCUT2D eigenvalue weighted by Crippen LogP contribution is 2.36. The van der Waals surface area contributed by atoms with Crippen LogP contribution in [0, 0.1) is 0 Å². The summed E-state index contributed by atoms with van der Waals surface area (Å²) in [6.45, 7) is 1.84. The van der Waals surface area contributed by atoms with Gasteiger partial charge in [-0.2, -0.15) is 27.1 Å². The Morgan fingerprint density at radius 1 is 1.39 bits per heavy atom.